The number of amides is 1. The van der Waals surface area contributed by atoms with Crippen molar-refractivity contribution >= 4 is 22.4 Å². The van der Waals surface area contributed by atoms with E-state index in [2.05, 4.69) is 4.98 Å². The van der Waals surface area contributed by atoms with Crippen LogP contribution in [0.1, 0.15) is 10.4 Å². The average molecular weight is 384 g/mol. The van der Waals surface area contributed by atoms with Crippen molar-refractivity contribution in [2.75, 3.05) is 33.3 Å². The van der Waals surface area contributed by atoms with Gasteiger partial charge in [-0.2, -0.15) is 0 Å². The molecule has 0 N–H and O–H groups in total. The number of thiazole rings is 1. The van der Waals surface area contributed by atoms with Crippen LogP contribution >= 0.6 is 11.3 Å². The van der Waals surface area contributed by atoms with Crippen LogP contribution in [0.3, 0.4) is 0 Å². The molecule has 0 aliphatic carbocycles. The standard InChI is InChI=1S/C20H20N2O4S/c1-22(19(23)18-16(25-3)6-5-7-17(18)26-4)20-21-15(12-27-20)13-8-10-14(24-2)11-9-13/h5-12H,1-4H3. The number of anilines is 1. The molecule has 1 aromatic heterocycles. The van der Waals surface area contributed by atoms with Gasteiger partial charge in [-0.3, -0.25) is 9.69 Å². The van der Waals surface area contributed by atoms with E-state index in [0.717, 1.165) is 17.0 Å². The predicted molar refractivity (Wildman–Crippen MR) is 106 cm³/mol. The normalized spacial score (nSPS) is 10.4. The van der Waals surface area contributed by atoms with Crippen LogP contribution in [0.4, 0.5) is 5.13 Å². The largest absolute Gasteiger partial charge is 0.497 e. The van der Waals surface area contributed by atoms with Gasteiger partial charge in [-0.05, 0) is 36.4 Å². The van der Waals surface area contributed by atoms with Crippen molar-refractivity contribution in [2.24, 2.45) is 0 Å². The minimum absolute atomic E-state index is 0.250. The molecule has 0 atom stereocenters. The van der Waals surface area contributed by atoms with Gasteiger partial charge in [-0.1, -0.05) is 6.07 Å². The molecule has 7 heteroatoms. The summed E-state index contributed by atoms with van der Waals surface area (Å²) in [4.78, 5) is 19.1. The predicted octanol–water partition coefficient (Wildman–Crippen LogP) is 4.11. The summed E-state index contributed by atoms with van der Waals surface area (Å²) in [6.07, 6.45) is 0. The molecule has 3 rings (SSSR count). The van der Waals surface area contributed by atoms with E-state index in [1.807, 2.05) is 29.6 Å². The number of carbonyl (C=O) groups is 1. The molecule has 27 heavy (non-hydrogen) atoms. The zero-order chi connectivity index (χ0) is 19.4. The number of hydrogen-bond donors (Lipinski definition) is 0. The highest BCUT2D eigenvalue weighted by molar-refractivity contribution is 7.14. The van der Waals surface area contributed by atoms with Crippen molar-refractivity contribution in [3.8, 4) is 28.5 Å². The van der Waals surface area contributed by atoms with Gasteiger partial charge in [0, 0.05) is 18.0 Å². The van der Waals surface area contributed by atoms with E-state index in [1.165, 1.54) is 30.5 Å². The Balaban J connectivity index is 1.89. The molecule has 1 heterocycles. The number of ether oxygens (including phenoxy) is 3. The molecule has 0 aliphatic heterocycles. The topological polar surface area (TPSA) is 60.9 Å². The first-order valence-corrected chi connectivity index (χ1v) is 9.06. The molecular formula is C20H20N2O4S. The molecule has 0 saturated carbocycles. The first-order chi connectivity index (χ1) is 13.1. The third-order valence-electron chi connectivity index (χ3n) is 4.11. The SMILES string of the molecule is COc1ccc(-c2csc(N(C)C(=O)c3c(OC)cccc3OC)n2)cc1. The lowest BCUT2D eigenvalue weighted by atomic mass is 10.1. The first kappa shape index (κ1) is 18.7. The molecular weight excluding hydrogens is 364 g/mol. The monoisotopic (exact) mass is 384 g/mol. The van der Waals surface area contributed by atoms with Crippen LogP contribution in [-0.2, 0) is 0 Å². The maximum Gasteiger partial charge on any atom is 0.267 e. The number of aromatic nitrogens is 1. The fourth-order valence-corrected chi connectivity index (χ4v) is 3.43. The second kappa shape index (κ2) is 8.09. The molecule has 0 fully saturated rings. The minimum Gasteiger partial charge on any atom is -0.497 e. The molecule has 0 saturated heterocycles. The van der Waals surface area contributed by atoms with Crippen LogP contribution in [0.2, 0.25) is 0 Å². The Kier molecular flexibility index (Phi) is 5.61. The van der Waals surface area contributed by atoms with Crippen LogP contribution in [0.15, 0.2) is 47.8 Å². The van der Waals surface area contributed by atoms with Crippen LogP contribution in [0.25, 0.3) is 11.3 Å². The highest BCUT2D eigenvalue weighted by Crippen LogP contribution is 2.33. The Hall–Kier alpha value is -3.06. The summed E-state index contributed by atoms with van der Waals surface area (Å²) >= 11 is 1.39. The molecule has 0 unspecified atom stereocenters. The third kappa shape index (κ3) is 3.73. The number of rotatable bonds is 6. The van der Waals surface area contributed by atoms with Crippen molar-refractivity contribution in [1.29, 1.82) is 0 Å². The maximum atomic E-state index is 13.0. The van der Waals surface area contributed by atoms with E-state index in [0.29, 0.717) is 22.2 Å². The Bertz CT molecular complexity index is 915. The van der Waals surface area contributed by atoms with Crippen LogP contribution < -0.4 is 19.1 Å². The summed E-state index contributed by atoms with van der Waals surface area (Å²) in [5, 5.41) is 2.50. The van der Waals surface area contributed by atoms with E-state index in [-0.39, 0.29) is 5.91 Å². The van der Waals surface area contributed by atoms with Gasteiger partial charge in [0.05, 0.1) is 27.0 Å². The zero-order valence-corrected chi connectivity index (χ0v) is 16.4. The van der Waals surface area contributed by atoms with E-state index in [9.17, 15) is 4.79 Å². The molecule has 1 amide bonds. The fraction of sp³-hybridized carbons (Fsp3) is 0.200. The van der Waals surface area contributed by atoms with Gasteiger partial charge >= 0.3 is 0 Å². The fourth-order valence-electron chi connectivity index (χ4n) is 2.63. The quantitative estimate of drug-likeness (QED) is 0.640. The second-order valence-corrected chi connectivity index (χ2v) is 6.48. The summed E-state index contributed by atoms with van der Waals surface area (Å²) in [7, 11) is 6.36. The number of hydrogen-bond acceptors (Lipinski definition) is 6. The molecule has 0 spiro atoms. The second-order valence-electron chi connectivity index (χ2n) is 5.65. The number of carbonyl (C=O) groups excluding carboxylic acids is 1. The van der Waals surface area contributed by atoms with Crippen molar-refractivity contribution in [3.05, 3.63) is 53.4 Å². The summed E-state index contributed by atoms with van der Waals surface area (Å²) in [6.45, 7) is 0. The van der Waals surface area contributed by atoms with Gasteiger partial charge in [0.25, 0.3) is 5.91 Å². The van der Waals surface area contributed by atoms with E-state index >= 15 is 0 Å². The molecule has 0 radical (unpaired) electrons. The lowest BCUT2D eigenvalue weighted by molar-refractivity contribution is 0.0987. The third-order valence-corrected chi connectivity index (χ3v) is 5.03. The number of benzene rings is 2. The van der Waals surface area contributed by atoms with E-state index in [1.54, 1.807) is 32.4 Å². The zero-order valence-electron chi connectivity index (χ0n) is 15.6. The van der Waals surface area contributed by atoms with Gasteiger partial charge in [0.15, 0.2) is 5.13 Å². The number of nitrogens with zero attached hydrogens (tertiary/aromatic N) is 2. The molecule has 2 aromatic carbocycles. The van der Waals surface area contributed by atoms with Crippen molar-refractivity contribution in [3.63, 3.8) is 0 Å². The summed E-state index contributed by atoms with van der Waals surface area (Å²) in [5.41, 5.74) is 2.12. The van der Waals surface area contributed by atoms with Gasteiger partial charge < -0.3 is 14.2 Å². The van der Waals surface area contributed by atoms with Gasteiger partial charge in [-0.25, -0.2) is 4.98 Å². The molecule has 140 valence electrons. The highest BCUT2D eigenvalue weighted by atomic mass is 32.1. The maximum absolute atomic E-state index is 13.0. The van der Waals surface area contributed by atoms with E-state index < -0.39 is 0 Å². The average Bonchev–Trinajstić information content (AvgIpc) is 3.22. The minimum atomic E-state index is -0.250. The van der Waals surface area contributed by atoms with Gasteiger partial charge in [-0.15, -0.1) is 11.3 Å². The smallest absolute Gasteiger partial charge is 0.267 e. The van der Waals surface area contributed by atoms with Gasteiger partial charge in [0.1, 0.15) is 22.8 Å². The summed E-state index contributed by atoms with van der Waals surface area (Å²) in [5.74, 6) is 1.45. The molecule has 0 bridgehead atoms. The molecule has 0 aliphatic rings. The Morgan fingerprint density at radius 1 is 0.963 bits per heavy atom. The Morgan fingerprint density at radius 3 is 2.15 bits per heavy atom. The van der Waals surface area contributed by atoms with Crippen LogP contribution in [0, 0.1) is 0 Å². The Labute approximate surface area is 161 Å². The van der Waals surface area contributed by atoms with Gasteiger partial charge in [0.2, 0.25) is 0 Å². The lowest BCUT2D eigenvalue weighted by Crippen LogP contribution is -2.27. The Morgan fingerprint density at radius 2 is 1.59 bits per heavy atom. The highest BCUT2D eigenvalue weighted by Gasteiger charge is 2.24. The lowest BCUT2D eigenvalue weighted by Gasteiger charge is -2.18. The number of methoxy groups -OCH3 is 3. The van der Waals surface area contributed by atoms with Crippen molar-refractivity contribution < 1.29 is 19.0 Å². The van der Waals surface area contributed by atoms with E-state index in [4.69, 9.17) is 14.2 Å². The van der Waals surface area contributed by atoms with Crippen molar-refractivity contribution in [2.45, 2.75) is 0 Å². The molecule has 3 aromatic rings. The summed E-state index contributed by atoms with van der Waals surface area (Å²) < 4.78 is 15.8. The summed E-state index contributed by atoms with van der Waals surface area (Å²) in [6, 6.07) is 12.9. The molecule has 6 nitrogen and oxygen atoms in total. The van der Waals surface area contributed by atoms with Crippen molar-refractivity contribution in [1.82, 2.24) is 4.98 Å². The first-order valence-electron chi connectivity index (χ1n) is 8.18. The van der Waals surface area contributed by atoms with Crippen LogP contribution in [-0.4, -0.2) is 39.3 Å². The van der Waals surface area contributed by atoms with Crippen LogP contribution in [0.5, 0.6) is 17.2 Å².